The van der Waals surface area contributed by atoms with Crippen molar-refractivity contribution < 1.29 is 24.5 Å². The van der Waals surface area contributed by atoms with Crippen LogP contribution >= 0.6 is 12.6 Å². The van der Waals surface area contributed by atoms with Crippen LogP contribution in [0, 0.1) is 0 Å². The van der Waals surface area contributed by atoms with Crippen molar-refractivity contribution in [2.45, 2.75) is 6.61 Å². The zero-order chi connectivity index (χ0) is 16.8. The lowest BCUT2D eigenvalue weighted by Crippen LogP contribution is -1.99. The summed E-state index contributed by atoms with van der Waals surface area (Å²) in [5.41, 5.74) is 1.78. The molecule has 0 heterocycles. The van der Waals surface area contributed by atoms with Crippen LogP contribution in [-0.4, -0.2) is 22.2 Å². The highest BCUT2D eigenvalue weighted by molar-refractivity contribution is 7.85. The van der Waals surface area contributed by atoms with Crippen LogP contribution < -0.4 is 4.74 Å². The van der Waals surface area contributed by atoms with Crippen LogP contribution in [0.15, 0.2) is 53.4 Å². The topological polar surface area (TPSA) is 83.8 Å². The van der Waals surface area contributed by atoms with Crippen molar-refractivity contribution in [1.29, 1.82) is 0 Å². The van der Waals surface area contributed by atoms with Gasteiger partial charge in [0.15, 0.2) is 0 Å². The molecule has 0 aliphatic rings. The lowest BCUT2D eigenvalue weighted by atomic mass is 10.1. The van der Waals surface area contributed by atoms with Gasteiger partial charge in [0.05, 0.1) is 10.5 Å². The molecule has 5 nitrogen and oxygen atoms in total. The van der Waals surface area contributed by atoms with Gasteiger partial charge in [-0.15, -0.1) is 12.6 Å². The summed E-state index contributed by atoms with van der Waals surface area (Å²) in [4.78, 5) is 21.4. The number of benzene rings is 2. The average Bonchev–Trinajstić information content (AvgIpc) is 2.54. The zero-order valence-electron chi connectivity index (χ0n) is 12.0. The minimum Gasteiger partial charge on any atom is -0.489 e. The fourth-order valence-electron chi connectivity index (χ4n) is 1.79. The van der Waals surface area contributed by atoms with Gasteiger partial charge in [-0.2, -0.15) is 0 Å². The molecule has 118 valence electrons. The number of thiol groups is 1. The first-order valence-electron chi connectivity index (χ1n) is 6.65. The molecule has 0 aromatic heterocycles. The Labute approximate surface area is 138 Å². The van der Waals surface area contributed by atoms with Crippen molar-refractivity contribution in [1.82, 2.24) is 0 Å². The molecular formula is C17H14O5S. The fraction of sp³-hybridized carbons (Fsp3) is 0.0588. The Morgan fingerprint density at radius 1 is 1.00 bits per heavy atom. The van der Waals surface area contributed by atoms with Gasteiger partial charge in [-0.05, 0) is 41.5 Å². The summed E-state index contributed by atoms with van der Waals surface area (Å²) in [7, 11) is 0. The Bertz CT molecular complexity index is 733. The third-order valence-corrected chi connectivity index (χ3v) is 3.33. The smallest absolute Gasteiger partial charge is 0.341 e. The summed E-state index contributed by atoms with van der Waals surface area (Å²) in [6.45, 7) is 0.308. The zero-order valence-corrected chi connectivity index (χ0v) is 12.9. The van der Waals surface area contributed by atoms with Crippen LogP contribution in [0.5, 0.6) is 5.75 Å². The highest BCUT2D eigenvalue weighted by Crippen LogP contribution is 2.17. The molecule has 0 radical (unpaired) electrons. The third kappa shape index (κ3) is 4.89. The molecule has 0 aliphatic carbocycles. The van der Waals surface area contributed by atoms with E-state index in [1.165, 1.54) is 18.2 Å². The lowest BCUT2D eigenvalue weighted by Gasteiger charge is -2.07. The summed E-state index contributed by atoms with van der Waals surface area (Å²) >= 11 is 3.86. The molecule has 2 aromatic rings. The Kier molecular flexibility index (Phi) is 5.43. The maximum Gasteiger partial charge on any atom is 0.341 e. The molecule has 2 aromatic carbocycles. The van der Waals surface area contributed by atoms with Crippen molar-refractivity contribution in [2.24, 2.45) is 0 Å². The van der Waals surface area contributed by atoms with Gasteiger partial charge in [0.25, 0.3) is 0 Å². The molecule has 0 saturated heterocycles. The molecule has 0 saturated carbocycles. The monoisotopic (exact) mass is 330 g/mol. The van der Waals surface area contributed by atoms with Crippen molar-refractivity contribution in [3.05, 3.63) is 70.1 Å². The highest BCUT2D eigenvalue weighted by atomic mass is 32.1. The summed E-state index contributed by atoms with van der Waals surface area (Å²) in [5.74, 6) is -1.43. The van der Waals surface area contributed by atoms with Gasteiger partial charge < -0.3 is 14.9 Å². The number of ether oxygens (including phenoxy) is 1. The van der Waals surface area contributed by atoms with Gasteiger partial charge in [-0.1, -0.05) is 24.3 Å². The molecule has 0 bridgehead atoms. The van der Waals surface area contributed by atoms with Crippen molar-refractivity contribution in [3.63, 3.8) is 0 Å². The predicted molar refractivity (Wildman–Crippen MR) is 88.8 cm³/mol. The van der Waals surface area contributed by atoms with Gasteiger partial charge in [-0.3, -0.25) is 0 Å². The first-order valence-corrected chi connectivity index (χ1v) is 7.09. The van der Waals surface area contributed by atoms with Crippen molar-refractivity contribution in [3.8, 4) is 5.75 Å². The van der Waals surface area contributed by atoms with Gasteiger partial charge in [0.1, 0.15) is 12.4 Å². The largest absolute Gasteiger partial charge is 0.489 e. The normalized spacial score (nSPS) is 11.1. The quantitative estimate of drug-likeness (QED) is 0.559. The fourth-order valence-corrected chi connectivity index (χ4v) is 1.94. The first-order chi connectivity index (χ1) is 11.0. The van der Waals surface area contributed by atoms with Crippen LogP contribution in [0.25, 0.3) is 6.08 Å². The number of aromatic carboxylic acids is 1. The average molecular weight is 330 g/mol. The van der Waals surface area contributed by atoms with Gasteiger partial charge >= 0.3 is 11.9 Å². The van der Waals surface area contributed by atoms with E-state index in [1.807, 2.05) is 0 Å². The Balaban J connectivity index is 1.97. The summed E-state index contributed by atoms with van der Waals surface area (Å²) in [5, 5.41) is 17.6. The number of aliphatic carboxylic acids is 1. The van der Waals surface area contributed by atoms with Gasteiger partial charge in [0, 0.05) is 0 Å². The van der Waals surface area contributed by atoms with Crippen LogP contribution in [0.2, 0.25) is 0 Å². The second-order valence-electron chi connectivity index (χ2n) is 4.69. The minimum atomic E-state index is -1.08. The summed E-state index contributed by atoms with van der Waals surface area (Å²) in [6, 6.07) is 13.3. The molecule has 23 heavy (non-hydrogen) atoms. The summed E-state index contributed by atoms with van der Waals surface area (Å²) in [6.07, 6.45) is 1.44. The SMILES string of the molecule is O=C(O)C(S)=Cc1ccc(OCc2ccc(C(=O)O)cc2)cc1. The Morgan fingerprint density at radius 3 is 2.13 bits per heavy atom. The summed E-state index contributed by atoms with van der Waals surface area (Å²) < 4.78 is 5.60. The van der Waals surface area contributed by atoms with Gasteiger partial charge in [0.2, 0.25) is 0 Å². The molecule has 0 atom stereocenters. The van der Waals surface area contributed by atoms with E-state index in [9.17, 15) is 9.59 Å². The number of carboxylic acids is 2. The maximum absolute atomic E-state index is 10.8. The van der Waals surface area contributed by atoms with Crippen LogP contribution in [0.3, 0.4) is 0 Å². The van der Waals surface area contributed by atoms with Gasteiger partial charge in [-0.25, -0.2) is 9.59 Å². The maximum atomic E-state index is 10.8. The molecule has 2 rings (SSSR count). The Morgan fingerprint density at radius 2 is 1.61 bits per heavy atom. The predicted octanol–water partition coefficient (Wildman–Crippen LogP) is 3.32. The standard InChI is InChI=1S/C17H14O5S/c18-16(19)13-5-1-12(2-6-13)10-22-14-7-3-11(4-8-14)9-15(23)17(20)21/h1-9,23H,10H2,(H,18,19)(H,20,21). The van der Waals surface area contributed by atoms with E-state index in [1.54, 1.807) is 36.4 Å². The van der Waals surface area contributed by atoms with E-state index >= 15 is 0 Å². The molecule has 0 amide bonds. The van der Waals surface area contributed by atoms with E-state index in [-0.39, 0.29) is 10.5 Å². The van der Waals surface area contributed by atoms with E-state index in [2.05, 4.69) is 12.6 Å². The van der Waals surface area contributed by atoms with Crippen molar-refractivity contribution in [2.75, 3.05) is 0 Å². The molecule has 0 spiro atoms. The third-order valence-electron chi connectivity index (χ3n) is 3.01. The molecule has 0 unspecified atom stereocenters. The highest BCUT2D eigenvalue weighted by Gasteiger charge is 2.03. The van der Waals surface area contributed by atoms with E-state index in [0.29, 0.717) is 17.9 Å². The first kappa shape index (κ1) is 16.6. The van der Waals surface area contributed by atoms with Crippen LogP contribution in [0.1, 0.15) is 21.5 Å². The van der Waals surface area contributed by atoms with Crippen molar-refractivity contribution >= 4 is 30.6 Å². The molecule has 0 fully saturated rings. The second-order valence-corrected chi connectivity index (χ2v) is 5.18. The number of carboxylic acid groups (broad SMARTS) is 2. The lowest BCUT2D eigenvalue weighted by molar-refractivity contribution is -0.131. The molecule has 6 heteroatoms. The van der Waals surface area contributed by atoms with Crippen LogP contribution in [0.4, 0.5) is 0 Å². The number of hydrogen-bond donors (Lipinski definition) is 3. The van der Waals surface area contributed by atoms with Crippen LogP contribution in [-0.2, 0) is 11.4 Å². The number of hydrogen-bond acceptors (Lipinski definition) is 4. The number of carbonyl (C=O) groups is 2. The second kappa shape index (κ2) is 7.51. The molecule has 0 aliphatic heterocycles. The number of rotatable bonds is 6. The van der Waals surface area contributed by atoms with E-state index in [4.69, 9.17) is 14.9 Å². The van der Waals surface area contributed by atoms with E-state index in [0.717, 1.165) is 5.56 Å². The minimum absolute atomic E-state index is 0.0443. The molecular weight excluding hydrogens is 316 g/mol. The Hall–Kier alpha value is -2.73. The molecule has 2 N–H and O–H groups in total. The van der Waals surface area contributed by atoms with E-state index < -0.39 is 11.9 Å².